The molecular weight excluding hydrogens is 184 g/mol. The van der Waals surface area contributed by atoms with Gasteiger partial charge in [-0.2, -0.15) is 0 Å². The third-order valence-corrected chi connectivity index (χ3v) is 3.10. The van der Waals surface area contributed by atoms with Gasteiger partial charge in [-0.05, 0) is 26.0 Å². The van der Waals surface area contributed by atoms with Gasteiger partial charge >= 0.3 is 19.3 Å². The molecule has 0 unspecified atom stereocenters. The molecule has 0 aromatic heterocycles. The number of hydrogen-bond acceptors (Lipinski definition) is 1. The van der Waals surface area contributed by atoms with Crippen LogP contribution in [0.3, 0.4) is 0 Å². The van der Waals surface area contributed by atoms with Crippen LogP contribution in [0.4, 0.5) is 0 Å². The minimum Gasteiger partial charge on any atom is -0.491 e. The van der Waals surface area contributed by atoms with Crippen LogP contribution in [0, 0.1) is 0 Å². The monoisotopic (exact) mass is 194 g/mol. The Morgan fingerprint density at radius 2 is 2.17 bits per heavy atom. The van der Waals surface area contributed by atoms with Gasteiger partial charge in [0.1, 0.15) is 5.75 Å². The van der Waals surface area contributed by atoms with Crippen LogP contribution < -0.4 is 8.43 Å². The first-order valence-electron chi connectivity index (χ1n) is 4.04. The summed E-state index contributed by atoms with van der Waals surface area (Å²) in [5, 5.41) is 0. The molecule has 0 spiro atoms. The first-order chi connectivity index (χ1) is 5.72. The molecule has 0 saturated heterocycles. The van der Waals surface area contributed by atoms with E-state index in [1.165, 1.54) is 3.69 Å². The Morgan fingerprint density at radius 1 is 1.42 bits per heavy atom. The van der Waals surface area contributed by atoms with Crippen molar-refractivity contribution in [3.8, 4) is 5.75 Å². The van der Waals surface area contributed by atoms with Crippen LogP contribution in [-0.4, -0.2) is 25.4 Å². The highest BCUT2D eigenvalue weighted by Crippen LogP contribution is 2.09. The van der Waals surface area contributed by atoms with Gasteiger partial charge in [-0.3, -0.25) is 0 Å². The van der Waals surface area contributed by atoms with E-state index in [4.69, 9.17) is 13.8 Å². The van der Waals surface area contributed by atoms with Crippen molar-refractivity contribution in [2.45, 2.75) is 20.0 Å². The number of halogens is 1. The molecule has 0 atom stereocenters. The molecule has 1 aromatic carbocycles. The van der Waals surface area contributed by atoms with Gasteiger partial charge in [-0.15, -0.1) is 3.69 Å². The largest absolute Gasteiger partial charge is 0.538 e. The van der Waals surface area contributed by atoms with Gasteiger partial charge in [0.2, 0.25) is 0 Å². The van der Waals surface area contributed by atoms with Crippen molar-refractivity contribution in [2.24, 2.45) is 0 Å². The highest BCUT2D eigenvalue weighted by atomic mass is 35.5. The molecular formula is C9H11ClMgO. The SMILES string of the molecule is CC(C)Oc1ccc[c]([Mg][Cl])c1. The zero-order valence-corrected chi connectivity index (χ0v) is 9.55. The van der Waals surface area contributed by atoms with Gasteiger partial charge in [0.15, 0.2) is 0 Å². The summed E-state index contributed by atoms with van der Waals surface area (Å²) in [6.07, 6.45) is 0.234. The normalized spacial score (nSPS) is 9.67. The van der Waals surface area contributed by atoms with Crippen LogP contribution >= 0.6 is 9.07 Å². The molecule has 62 valence electrons. The quantitative estimate of drug-likeness (QED) is 0.669. The molecule has 0 radical (unpaired) electrons. The molecule has 0 aliphatic carbocycles. The van der Waals surface area contributed by atoms with E-state index < -0.39 is 19.3 Å². The summed E-state index contributed by atoms with van der Waals surface area (Å²) in [5.41, 5.74) is 0. The summed E-state index contributed by atoms with van der Waals surface area (Å²) >= 11 is -0.572. The lowest BCUT2D eigenvalue weighted by Crippen LogP contribution is -2.11. The summed E-state index contributed by atoms with van der Waals surface area (Å²) in [4.78, 5) is 0. The number of hydrogen-bond donors (Lipinski definition) is 0. The predicted molar refractivity (Wildman–Crippen MR) is 53.4 cm³/mol. The average Bonchev–Trinajstić information content (AvgIpc) is 2.03. The summed E-state index contributed by atoms with van der Waals surface area (Å²) < 4.78 is 6.75. The van der Waals surface area contributed by atoms with Crippen molar-refractivity contribution in [1.29, 1.82) is 0 Å². The maximum absolute atomic E-state index is 5.82. The predicted octanol–water partition coefficient (Wildman–Crippen LogP) is 1.96. The summed E-state index contributed by atoms with van der Waals surface area (Å²) in [5.74, 6) is 0.927. The third-order valence-electron chi connectivity index (χ3n) is 1.42. The van der Waals surface area contributed by atoms with Gasteiger partial charge < -0.3 is 13.8 Å². The topological polar surface area (TPSA) is 9.23 Å². The van der Waals surface area contributed by atoms with Crippen LogP contribution in [0.1, 0.15) is 13.8 Å². The molecule has 0 N–H and O–H groups in total. The summed E-state index contributed by atoms with van der Waals surface area (Å²) in [6.45, 7) is 4.04. The summed E-state index contributed by atoms with van der Waals surface area (Å²) in [7, 11) is 5.82. The minimum atomic E-state index is -0.572. The lowest BCUT2D eigenvalue weighted by atomic mass is 10.3. The Morgan fingerprint density at radius 3 is 2.75 bits per heavy atom. The maximum Gasteiger partial charge on any atom is 0.538 e. The molecule has 3 heteroatoms. The fourth-order valence-corrected chi connectivity index (χ4v) is 1.98. The fourth-order valence-electron chi connectivity index (χ4n) is 0.974. The first-order valence-corrected chi connectivity index (χ1v) is 6.88. The Kier molecular flexibility index (Phi) is 4.19. The van der Waals surface area contributed by atoms with Crippen LogP contribution in [0.15, 0.2) is 24.3 Å². The van der Waals surface area contributed by atoms with Crippen LogP contribution in [0.2, 0.25) is 0 Å². The van der Waals surface area contributed by atoms with E-state index in [9.17, 15) is 0 Å². The third kappa shape index (κ3) is 3.21. The van der Waals surface area contributed by atoms with Gasteiger partial charge in [-0.25, -0.2) is 0 Å². The zero-order chi connectivity index (χ0) is 8.97. The standard InChI is InChI=1S/C9H11O.ClH.Mg/c1-8(2)10-9-6-4-3-5-7-9;;/h3-4,6-8H,1-2H3;1H;/q;;+1/p-1. The number of ether oxygens (including phenoxy) is 1. The van der Waals surface area contributed by atoms with Crippen LogP contribution in [0.25, 0.3) is 0 Å². The highest BCUT2D eigenvalue weighted by Gasteiger charge is 1.99. The van der Waals surface area contributed by atoms with Crippen molar-refractivity contribution in [1.82, 2.24) is 0 Å². The Bertz CT molecular complexity index is 250. The number of benzene rings is 1. The summed E-state index contributed by atoms with van der Waals surface area (Å²) in [6, 6.07) is 8.03. The van der Waals surface area contributed by atoms with Crippen molar-refractivity contribution in [3.05, 3.63) is 24.3 Å². The van der Waals surface area contributed by atoms with Gasteiger partial charge in [0.25, 0.3) is 0 Å². The Balaban J connectivity index is 2.72. The highest BCUT2D eigenvalue weighted by molar-refractivity contribution is 7.01. The Hall–Kier alpha value is 0.0762. The molecule has 0 saturated carbocycles. The fraction of sp³-hybridized carbons (Fsp3) is 0.333. The van der Waals surface area contributed by atoms with Crippen LogP contribution in [-0.2, 0) is 0 Å². The van der Waals surface area contributed by atoms with Crippen molar-refractivity contribution in [3.63, 3.8) is 0 Å². The van der Waals surface area contributed by atoms with Crippen LogP contribution in [0.5, 0.6) is 5.75 Å². The lowest BCUT2D eigenvalue weighted by Gasteiger charge is -2.09. The van der Waals surface area contributed by atoms with Gasteiger partial charge in [0, 0.05) is 0 Å². The van der Waals surface area contributed by atoms with E-state index in [1.807, 2.05) is 38.1 Å². The molecule has 0 bridgehead atoms. The average molecular weight is 195 g/mol. The molecule has 0 heterocycles. The molecule has 1 nitrogen and oxygen atoms in total. The maximum atomic E-state index is 5.82. The van der Waals surface area contributed by atoms with E-state index >= 15 is 0 Å². The molecule has 12 heavy (non-hydrogen) atoms. The molecule has 1 aromatic rings. The van der Waals surface area contributed by atoms with E-state index in [2.05, 4.69) is 0 Å². The van der Waals surface area contributed by atoms with Crippen molar-refractivity contribution in [2.75, 3.05) is 0 Å². The minimum absolute atomic E-state index is 0.234. The second-order valence-corrected chi connectivity index (χ2v) is 4.83. The van der Waals surface area contributed by atoms with E-state index in [-0.39, 0.29) is 6.10 Å². The van der Waals surface area contributed by atoms with Gasteiger partial charge in [0.05, 0.1) is 6.10 Å². The second-order valence-electron chi connectivity index (χ2n) is 2.95. The molecule has 1 rings (SSSR count). The molecule has 0 fully saturated rings. The molecule has 0 aliphatic rings. The van der Waals surface area contributed by atoms with E-state index in [1.54, 1.807) is 0 Å². The lowest BCUT2D eigenvalue weighted by molar-refractivity contribution is 0.242. The first kappa shape index (κ1) is 10.2. The van der Waals surface area contributed by atoms with Crippen molar-refractivity contribution < 1.29 is 4.74 Å². The van der Waals surface area contributed by atoms with Gasteiger partial charge in [-0.1, -0.05) is 12.1 Å². The second kappa shape index (κ2) is 4.95. The van der Waals surface area contributed by atoms with E-state index in [0.29, 0.717) is 0 Å². The Labute approximate surface area is 86.6 Å². The van der Waals surface area contributed by atoms with E-state index in [0.717, 1.165) is 5.75 Å². The van der Waals surface area contributed by atoms with Crippen molar-refractivity contribution >= 4 is 32.0 Å². The smallest absolute Gasteiger partial charge is 0.491 e. The molecule has 0 amide bonds. The number of rotatable bonds is 3. The zero-order valence-electron chi connectivity index (χ0n) is 7.38. The molecule has 0 aliphatic heterocycles.